The number of aliphatic hydroxyl groups is 1. The normalized spacial score (nSPS) is 27.5. The summed E-state index contributed by atoms with van der Waals surface area (Å²) in [6, 6.07) is 3.92. The van der Waals surface area contributed by atoms with E-state index in [1.54, 1.807) is 0 Å². The summed E-state index contributed by atoms with van der Waals surface area (Å²) in [6.07, 6.45) is 0.321. The number of aromatic hydroxyl groups is 1. The van der Waals surface area contributed by atoms with Gasteiger partial charge >= 0.3 is 0 Å². The molecule has 1 aliphatic carbocycles. The largest absolute Gasteiger partial charge is 0.508 e. The van der Waals surface area contributed by atoms with E-state index in [-0.39, 0.29) is 18.0 Å². The van der Waals surface area contributed by atoms with Crippen LogP contribution in [0.5, 0.6) is 5.75 Å². The molecule has 6 nitrogen and oxygen atoms in total. The molecule has 0 aliphatic heterocycles. The van der Waals surface area contributed by atoms with Crippen molar-refractivity contribution in [3.8, 4) is 5.75 Å². The molecular weight excluding hydrogens is 224 g/mol. The summed E-state index contributed by atoms with van der Waals surface area (Å²) in [5.41, 5.74) is 5.44. The Balaban J connectivity index is 2.49. The van der Waals surface area contributed by atoms with E-state index in [9.17, 15) is 20.3 Å². The van der Waals surface area contributed by atoms with Gasteiger partial charge in [-0.25, -0.2) is 0 Å². The predicted molar refractivity (Wildman–Crippen MR) is 60.7 cm³/mol. The Morgan fingerprint density at radius 2 is 2.18 bits per heavy atom. The lowest BCUT2D eigenvalue weighted by Crippen LogP contribution is -2.50. The van der Waals surface area contributed by atoms with Crippen LogP contribution in [0.4, 0.5) is 5.69 Å². The van der Waals surface area contributed by atoms with Crippen LogP contribution < -0.4 is 5.73 Å². The molecule has 0 aromatic heterocycles. The van der Waals surface area contributed by atoms with Crippen LogP contribution in [-0.2, 0) is 5.41 Å². The molecule has 1 saturated carbocycles. The summed E-state index contributed by atoms with van der Waals surface area (Å²) in [7, 11) is 0. The highest BCUT2D eigenvalue weighted by Crippen LogP contribution is 2.47. The van der Waals surface area contributed by atoms with Gasteiger partial charge in [0.2, 0.25) is 0 Å². The number of benzene rings is 1. The van der Waals surface area contributed by atoms with Crippen LogP contribution in [0.3, 0.4) is 0 Å². The molecule has 0 radical (unpaired) electrons. The molecule has 0 spiro atoms. The summed E-state index contributed by atoms with van der Waals surface area (Å²) in [5, 5.41) is 29.8. The quantitative estimate of drug-likeness (QED) is 0.529. The Hall–Kier alpha value is -1.66. The van der Waals surface area contributed by atoms with Gasteiger partial charge in [-0.3, -0.25) is 10.1 Å². The molecule has 0 saturated heterocycles. The summed E-state index contributed by atoms with van der Waals surface area (Å²) in [4.78, 5) is 10.4. The van der Waals surface area contributed by atoms with Crippen molar-refractivity contribution in [1.29, 1.82) is 0 Å². The average Bonchev–Trinajstić information content (AvgIpc) is 2.24. The lowest BCUT2D eigenvalue weighted by atomic mass is 9.62. The lowest BCUT2D eigenvalue weighted by Gasteiger charge is -2.44. The zero-order valence-corrected chi connectivity index (χ0v) is 9.17. The van der Waals surface area contributed by atoms with Crippen molar-refractivity contribution in [2.75, 3.05) is 6.54 Å². The Labute approximate surface area is 97.8 Å². The molecule has 6 heteroatoms. The zero-order chi connectivity index (χ0) is 12.6. The van der Waals surface area contributed by atoms with Crippen LogP contribution in [0.15, 0.2) is 18.2 Å². The fraction of sp³-hybridized carbons (Fsp3) is 0.455. The van der Waals surface area contributed by atoms with E-state index in [4.69, 9.17) is 5.73 Å². The molecule has 17 heavy (non-hydrogen) atoms. The average molecular weight is 238 g/mol. The van der Waals surface area contributed by atoms with E-state index in [1.165, 1.54) is 18.2 Å². The number of nitro benzene ring substituents is 1. The molecule has 0 amide bonds. The number of hydrogen-bond donors (Lipinski definition) is 3. The maximum atomic E-state index is 10.9. The lowest BCUT2D eigenvalue weighted by molar-refractivity contribution is -0.386. The van der Waals surface area contributed by atoms with Crippen LogP contribution in [-0.4, -0.2) is 27.8 Å². The van der Waals surface area contributed by atoms with Crippen molar-refractivity contribution in [3.05, 3.63) is 33.9 Å². The number of nitro groups is 1. The van der Waals surface area contributed by atoms with Crippen LogP contribution in [0, 0.1) is 10.1 Å². The number of aliphatic hydroxyl groups excluding tert-OH is 1. The monoisotopic (exact) mass is 238 g/mol. The fourth-order valence-electron chi connectivity index (χ4n) is 2.45. The summed E-state index contributed by atoms with van der Waals surface area (Å²) in [6.45, 7) is 0.217. The van der Waals surface area contributed by atoms with Gasteiger partial charge in [0.15, 0.2) is 0 Å². The molecule has 2 rings (SSSR count). The third-order valence-corrected chi connectivity index (χ3v) is 3.39. The van der Waals surface area contributed by atoms with Crippen molar-refractivity contribution < 1.29 is 15.1 Å². The summed E-state index contributed by atoms with van der Waals surface area (Å²) < 4.78 is 0. The molecular formula is C11H14N2O4. The third kappa shape index (κ3) is 1.85. The smallest absolute Gasteiger partial charge is 0.273 e. The maximum absolute atomic E-state index is 10.9. The number of phenols is 1. The van der Waals surface area contributed by atoms with Crippen molar-refractivity contribution >= 4 is 5.69 Å². The van der Waals surface area contributed by atoms with Gasteiger partial charge in [-0.2, -0.15) is 0 Å². The molecule has 1 fully saturated rings. The highest BCUT2D eigenvalue weighted by Gasteiger charge is 2.47. The first-order chi connectivity index (χ1) is 7.98. The van der Waals surface area contributed by atoms with Gasteiger partial charge in [0.1, 0.15) is 5.75 Å². The molecule has 0 bridgehead atoms. The Morgan fingerprint density at radius 1 is 1.53 bits per heavy atom. The molecule has 1 aliphatic rings. The van der Waals surface area contributed by atoms with Gasteiger partial charge in [-0.1, -0.05) is 0 Å². The molecule has 0 atom stereocenters. The molecule has 4 N–H and O–H groups in total. The highest BCUT2D eigenvalue weighted by atomic mass is 16.6. The second kappa shape index (κ2) is 3.97. The van der Waals surface area contributed by atoms with E-state index in [2.05, 4.69) is 0 Å². The van der Waals surface area contributed by atoms with E-state index < -0.39 is 16.4 Å². The summed E-state index contributed by atoms with van der Waals surface area (Å²) in [5.74, 6) is -0.0279. The van der Waals surface area contributed by atoms with Crippen LogP contribution in [0.1, 0.15) is 18.4 Å². The second-order valence-corrected chi connectivity index (χ2v) is 4.51. The number of hydrogen-bond acceptors (Lipinski definition) is 5. The Bertz CT molecular complexity index is 455. The zero-order valence-electron chi connectivity index (χ0n) is 9.17. The summed E-state index contributed by atoms with van der Waals surface area (Å²) >= 11 is 0. The van der Waals surface area contributed by atoms with Crippen LogP contribution >= 0.6 is 0 Å². The highest BCUT2D eigenvalue weighted by molar-refractivity contribution is 5.50. The van der Waals surface area contributed by atoms with Gasteiger partial charge < -0.3 is 15.9 Å². The van der Waals surface area contributed by atoms with Crippen molar-refractivity contribution in [2.24, 2.45) is 5.73 Å². The van der Waals surface area contributed by atoms with Crippen LogP contribution in [0.2, 0.25) is 0 Å². The first-order valence-electron chi connectivity index (χ1n) is 5.34. The van der Waals surface area contributed by atoms with Gasteiger partial charge in [-0.15, -0.1) is 0 Å². The first kappa shape index (κ1) is 11.8. The van der Waals surface area contributed by atoms with Crippen LogP contribution in [0.25, 0.3) is 0 Å². The van der Waals surface area contributed by atoms with Gasteiger partial charge in [0.25, 0.3) is 5.69 Å². The van der Waals surface area contributed by atoms with Crippen molar-refractivity contribution in [2.45, 2.75) is 24.4 Å². The number of phenolic OH excluding ortho intramolecular Hbond substituents is 1. The van der Waals surface area contributed by atoms with E-state index in [1.807, 2.05) is 0 Å². The van der Waals surface area contributed by atoms with Crippen molar-refractivity contribution in [3.63, 3.8) is 0 Å². The number of nitrogens with zero attached hydrogens (tertiary/aromatic N) is 1. The number of nitrogens with two attached hydrogens (primary N) is 1. The molecule has 0 heterocycles. The van der Waals surface area contributed by atoms with Crippen molar-refractivity contribution in [1.82, 2.24) is 0 Å². The van der Waals surface area contributed by atoms with E-state index >= 15 is 0 Å². The maximum Gasteiger partial charge on any atom is 0.273 e. The topological polar surface area (TPSA) is 110 Å². The minimum absolute atomic E-state index is 0.0279. The minimum Gasteiger partial charge on any atom is -0.508 e. The van der Waals surface area contributed by atoms with Gasteiger partial charge in [-0.05, 0) is 25.0 Å². The minimum atomic E-state index is -0.583. The predicted octanol–water partition coefficient (Wildman–Crippen LogP) is 0.652. The Kier molecular flexibility index (Phi) is 2.76. The van der Waals surface area contributed by atoms with E-state index in [0.29, 0.717) is 18.4 Å². The Morgan fingerprint density at radius 3 is 2.65 bits per heavy atom. The van der Waals surface area contributed by atoms with Gasteiger partial charge in [0.05, 0.1) is 11.0 Å². The van der Waals surface area contributed by atoms with Gasteiger partial charge in [0, 0.05) is 23.6 Å². The number of rotatable bonds is 3. The molecule has 0 unspecified atom stereocenters. The fourth-order valence-corrected chi connectivity index (χ4v) is 2.45. The molecule has 1 aromatic rings. The first-order valence-corrected chi connectivity index (χ1v) is 5.34. The SMILES string of the molecule is NCC1(c2cc(O)ccc2[N+](=O)[O-])CC(O)C1. The molecule has 92 valence electrons. The molecule has 1 aromatic carbocycles. The third-order valence-electron chi connectivity index (χ3n) is 3.39. The standard InChI is InChI=1S/C11H14N2O4/c12-6-11(4-8(15)5-11)9-3-7(14)1-2-10(9)13(16)17/h1-3,8,14-15H,4-6,12H2. The van der Waals surface area contributed by atoms with E-state index in [0.717, 1.165) is 0 Å². The second-order valence-electron chi connectivity index (χ2n) is 4.51.